The van der Waals surface area contributed by atoms with Crippen LogP contribution < -0.4 is 15.4 Å². The Kier molecular flexibility index (Phi) is 6.79. The molecular weight excluding hydrogens is 432 g/mol. The Bertz CT molecular complexity index is 1010. The number of carbonyl (C=O) groups excluding carboxylic acids is 2. The number of amides is 2. The van der Waals surface area contributed by atoms with Gasteiger partial charge in [0.15, 0.2) is 6.61 Å². The first-order valence-electron chi connectivity index (χ1n) is 9.39. The van der Waals surface area contributed by atoms with Crippen LogP contribution in [0.2, 0.25) is 5.02 Å². The Balaban J connectivity index is 1.56. The third kappa shape index (κ3) is 6.17. The van der Waals surface area contributed by atoms with Gasteiger partial charge < -0.3 is 10.1 Å². The minimum absolute atomic E-state index is 0.0164. The van der Waals surface area contributed by atoms with Crippen molar-refractivity contribution < 1.29 is 23.1 Å². The van der Waals surface area contributed by atoms with Crippen molar-refractivity contribution in [3.8, 4) is 5.88 Å². The van der Waals surface area contributed by atoms with E-state index in [9.17, 15) is 18.4 Å². The summed E-state index contributed by atoms with van der Waals surface area (Å²) in [6, 6.07) is 2.86. The minimum Gasteiger partial charge on any atom is -0.470 e. The summed E-state index contributed by atoms with van der Waals surface area (Å²) >= 11 is 6.04. The monoisotopic (exact) mass is 451 g/mol. The molecule has 0 spiro atoms. The Morgan fingerprint density at radius 3 is 2.74 bits per heavy atom. The smallest absolute Gasteiger partial charge is 0.302 e. The largest absolute Gasteiger partial charge is 0.470 e. The molecule has 0 unspecified atom stereocenters. The number of anilines is 1. The van der Waals surface area contributed by atoms with E-state index >= 15 is 0 Å². The highest BCUT2D eigenvalue weighted by Crippen LogP contribution is 2.30. The van der Waals surface area contributed by atoms with Gasteiger partial charge in [-0.3, -0.25) is 14.9 Å². The number of carbonyl (C=O) groups is 2. The van der Waals surface area contributed by atoms with Crippen LogP contribution >= 0.6 is 11.6 Å². The quantitative estimate of drug-likeness (QED) is 0.566. The van der Waals surface area contributed by atoms with Gasteiger partial charge >= 0.3 is 5.92 Å². The molecule has 0 aliphatic heterocycles. The Morgan fingerprint density at radius 2 is 2.10 bits per heavy atom. The number of alkyl halides is 2. The van der Waals surface area contributed by atoms with Gasteiger partial charge in [0.2, 0.25) is 17.7 Å². The number of pyridine rings is 1. The third-order valence-corrected chi connectivity index (χ3v) is 4.67. The highest BCUT2D eigenvalue weighted by molar-refractivity contribution is 6.31. The first-order chi connectivity index (χ1) is 14.7. The van der Waals surface area contributed by atoms with Crippen LogP contribution in [0.3, 0.4) is 0 Å². The molecule has 31 heavy (non-hydrogen) atoms. The van der Waals surface area contributed by atoms with Crippen LogP contribution in [0.4, 0.5) is 14.7 Å². The molecule has 2 aromatic rings. The molecule has 0 aromatic carbocycles. The van der Waals surface area contributed by atoms with Gasteiger partial charge in [0.1, 0.15) is 10.7 Å². The predicted molar refractivity (Wildman–Crippen MR) is 109 cm³/mol. The summed E-state index contributed by atoms with van der Waals surface area (Å²) in [5, 5.41) is 5.23. The molecule has 164 valence electrons. The van der Waals surface area contributed by atoms with Gasteiger partial charge in [-0.05, 0) is 43.0 Å². The number of hydrogen-bond donors (Lipinski definition) is 2. The first-order valence-corrected chi connectivity index (χ1v) is 9.76. The molecule has 0 radical (unpaired) electrons. The number of ether oxygens (including phenoxy) is 1. The summed E-state index contributed by atoms with van der Waals surface area (Å²) in [5.41, 5.74) is 0.263. The van der Waals surface area contributed by atoms with Crippen LogP contribution in [0.5, 0.6) is 5.88 Å². The molecular formula is C20H20ClF2N5O3. The van der Waals surface area contributed by atoms with Gasteiger partial charge in [0.25, 0.3) is 5.91 Å². The molecule has 1 aliphatic rings. The van der Waals surface area contributed by atoms with Crippen molar-refractivity contribution in [3.05, 3.63) is 53.0 Å². The second-order valence-electron chi connectivity index (χ2n) is 7.12. The summed E-state index contributed by atoms with van der Waals surface area (Å²) < 4.78 is 32.1. The number of hydrogen-bond acceptors (Lipinski definition) is 6. The number of rotatable bonds is 9. The topological polar surface area (TPSA) is 106 Å². The first kappa shape index (κ1) is 22.5. The molecule has 2 amide bonds. The van der Waals surface area contributed by atoms with E-state index in [-0.39, 0.29) is 46.5 Å². The molecule has 1 aliphatic carbocycles. The molecule has 8 nitrogen and oxygen atoms in total. The normalized spacial score (nSPS) is 13.4. The molecule has 2 aromatic heterocycles. The fraction of sp³-hybridized carbons (Fsp3) is 0.350. The summed E-state index contributed by atoms with van der Waals surface area (Å²) in [6.07, 6.45) is 4.39. The highest BCUT2D eigenvalue weighted by Gasteiger charge is 2.32. The van der Waals surface area contributed by atoms with E-state index in [4.69, 9.17) is 16.3 Å². The zero-order valence-electron chi connectivity index (χ0n) is 16.6. The number of halogens is 3. The van der Waals surface area contributed by atoms with Crippen molar-refractivity contribution in [2.75, 3.05) is 11.9 Å². The summed E-state index contributed by atoms with van der Waals surface area (Å²) in [5.74, 6) is -3.97. The summed E-state index contributed by atoms with van der Waals surface area (Å²) in [6.45, 7) is 3.54. The van der Waals surface area contributed by atoms with Crippen molar-refractivity contribution >= 4 is 29.4 Å². The van der Waals surface area contributed by atoms with Crippen molar-refractivity contribution in [3.63, 3.8) is 0 Å². The molecule has 11 heteroatoms. The average Bonchev–Trinajstić information content (AvgIpc) is 3.57. The minimum atomic E-state index is -3.20. The summed E-state index contributed by atoms with van der Waals surface area (Å²) in [7, 11) is 0. The van der Waals surface area contributed by atoms with E-state index in [1.54, 1.807) is 0 Å². The molecule has 2 heterocycles. The Hall–Kier alpha value is -3.14. The number of nitrogens with zero attached hydrogens (tertiary/aromatic N) is 3. The highest BCUT2D eigenvalue weighted by atomic mass is 35.5. The van der Waals surface area contributed by atoms with Gasteiger partial charge in [-0.1, -0.05) is 18.2 Å². The van der Waals surface area contributed by atoms with Crippen LogP contribution in [-0.2, 0) is 11.3 Å². The van der Waals surface area contributed by atoms with Crippen LogP contribution in [0, 0.1) is 5.92 Å². The zero-order chi connectivity index (χ0) is 22.6. The van der Waals surface area contributed by atoms with Crippen molar-refractivity contribution in [1.82, 2.24) is 20.3 Å². The SMILES string of the molecule is C=C(C)C(F)(F)COc1ncc(CNC(=O)c2ccnc(NC(=O)C3CC3)n2)cc1Cl. The second kappa shape index (κ2) is 9.34. The maximum atomic E-state index is 13.6. The average molecular weight is 452 g/mol. The standard InChI is InChI=1S/C20H20ClF2N5O3/c1-11(2)20(22,23)10-31-18-14(21)7-12(9-26-18)8-25-17(30)15-5-6-24-19(27-15)28-16(29)13-3-4-13/h5-7,9,13H,1,3-4,8,10H2,2H3,(H,25,30)(H,24,27,28,29). The van der Waals surface area contributed by atoms with Gasteiger partial charge in [0, 0.05) is 24.9 Å². The third-order valence-electron chi connectivity index (χ3n) is 4.40. The van der Waals surface area contributed by atoms with Gasteiger partial charge in [-0.2, -0.15) is 8.78 Å². The maximum absolute atomic E-state index is 13.6. The van der Waals surface area contributed by atoms with Crippen LogP contribution in [-0.4, -0.2) is 39.3 Å². The molecule has 1 saturated carbocycles. The molecule has 3 rings (SSSR count). The van der Waals surface area contributed by atoms with E-state index in [0.29, 0.717) is 5.56 Å². The molecule has 1 fully saturated rings. The van der Waals surface area contributed by atoms with E-state index in [1.165, 1.54) is 31.5 Å². The van der Waals surface area contributed by atoms with Gasteiger partial charge in [0.05, 0.1) is 0 Å². The van der Waals surface area contributed by atoms with E-state index in [2.05, 4.69) is 32.2 Å². The van der Waals surface area contributed by atoms with Crippen molar-refractivity contribution in [1.29, 1.82) is 0 Å². The predicted octanol–water partition coefficient (Wildman–Crippen LogP) is 3.39. The molecule has 2 N–H and O–H groups in total. The maximum Gasteiger partial charge on any atom is 0.302 e. The lowest BCUT2D eigenvalue weighted by atomic mass is 10.2. The van der Waals surface area contributed by atoms with E-state index < -0.39 is 18.4 Å². The lowest BCUT2D eigenvalue weighted by Crippen LogP contribution is -2.27. The Labute approximate surface area is 182 Å². The number of aromatic nitrogens is 3. The van der Waals surface area contributed by atoms with Crippen LogP contribution in [0.15, 0.2) is 36.7 Å². The molecule has 0 bridgehead atoms. The fourth-order valence-corrected chi connectivity index (χ4v) is 2.57. The van der Waals surface area contributed by atoms with Crippen LogP contribution in [0.1, 0.15) is 35.8 Å². The van der Waals surface area contributed by atoms with Crippen molar-refractivity contribution in [2.24, 2.45) is 5.92 Å². The van der Waals surface area contributed by atoms with Gasteiger partial charge in [-0.25, -0.2) is 15.0 Å². The van der Waals surface area contributed by atoms with Crippen molar-refractivity contribution in [2.45, 2.75) is 32.2 Å². The second-order valence-corrected chi connectivity index (χ2v) is 7.52. The van der Waals surface area contributed by atoms with E-state index in [0.717, 1.165) is 12.8 Å². The zero-order valence-corrected chi connectivity index (χ0v) is 17.4. The number of nitrogens with one attached hydrogen (secondary N) is 2. The lowest BCUT2D eigenvalue weighted by Gasteiger charge is -2.17. The molecule has 0 saturated heterocycles. The lowest BCUT2D eigenvalue weighted by molar-refractivity contribution is -0.117. The van der Waals surface area contributed by atoms with Gasteiger partial charge in [-0.15, -0.1) is 0 Å². The van der Waals surface area contributed by atoms with E-state index in [1.807, 2.05) is 0 Å². The Morgan fingerprint density at radius 1 is 1.35 bits per heavy atom. The molecule has 0 atom stereocenters. The summed E-state index contributed by atoms with van der Waals surface area (Å²) in [4.78, 5) is 36.0. The van der Waals surface area contributed by atoms with Crippen LogP contribution in [0.25, 0.3) is 0 Å². The fourth-order valence-electron chi connectivity index (χ4n) is 2.33.